The van der Waals surface area contributed by atoms with Gasteiger partial charge in [0, 0.05) is 25.8 Å². The van der Waals surface area contributed by atoms with Crippen molar-refractivity contribution in [2.75, 3.05) is 20.3 Å². The zero-order chi connectivity index (χ0) is 13.9. The second kappa shape index (κ2) is 6.02. The first kappa shape index (κ1) is 13.7. The van der Waals surface area contributed by atoms with Crippen molar-refractivity contribution < 1.29 is 4.74 Å². The van der Waals surface area contributed by atoms with Gasteiger partial charge in [-0.15, -0.1) is 11.3 Å². The second-order valence-electron chi connectivity index (χ2n) is 5.46. The van der Waals surface area contributed by atoms with E-state index in [1.807, 2.05) is 0 Å². The number of thiazole rings is 1. The molecule has 0 saturated carbocycles. The summed E-state index contributed by atoms with van der Waals surface area (Å²) in [7, 11) is 1.73. The lowest BCUT2D eigenvalue weighted by Gasteiger charge is -2.17. The maximum atomic E-state index is 5.12. The summed E-state index contributed by atoms with van der Waals surface area (Å²) in [5.74, 6) is 0.724. The van der Waals surface area contributed by atoms with Crippen molar-refractivity contribution in [1.82, 2.24) is 4.98 Å². The Morgan fingerprint density at radius 3 is 3.05 bits per heavy atom. The molecule has 3 rings (SSSR count). The summed E-state index contributed by atoms with van der Waals surface area (Å²) >= 11 is 1.76. The number of nitrogens with zero attached hydrogens (tertiary/aromatic N) is 2. The zero-order valence-electron chi connectivity index (χ0n) is 12.1. The van der Waals surface area contributed by atoms with Gasteiger partial charge in [0.2, 0.25) is 0 Å². The fourth-order valence-corrected chi connectivity index (χ4v) is 3.43. The number of hydrogen-bond acceptors (Lipinski definition) is 4. The third-order valence-corrected chi connectivity index (χ3v) is 4.85. The molecule has 1 aromatic heterocycles. The molecule has 0 spiro atoms. The van der Waals surface area contributed by atoms with Crippen molar-refractivity contribution in [1.29, 1.82) is 0 Å². The highest BCUT2D eigenvalue weighted by Crippen LogP contribution is 2.25. The number of hydrogen-bond donors (Lipinski definition) is 0. The van der Waals surface area contributed by atoms with E-state index in [0.717, 1.165) is 42.4 Å². The fraction of sp³-hybridized carbons (Fsp3) is 0.500. The van der Waals surface area contributed by atoms with Gasteiger partial charge in [-0.05, 0) is 36.5 Å². The van der Waals surface area contributed by atoms with Crippen LogP contribution in [0.15, 0.2) is 23.2 Å². The Labute approximate surface area is 123 Å². The topological polar surface area (TPSA) is 34.5 Å². The van der Waals surface area contributed by atoms with Crippen LogP contribution < -0.4 is 0 Å². The zero-order valence-corrected chi connectivity index (χ0v) is 12.9. The van der Waals surface area contributed by atoms with E-state index in [-0.39, 0.29) is 0 Å². The Kier molecular flexibility index (Phi) is 4.13. The van der Waals surface area contributed by atoms with Crippen LogP contribution in [0.25, 0.3) is 10.2 Å². The Hall–Kier alpha value is -1.26. The molecule has 1 aliphatic heterocycles. The lowest BCUT2D eigenvalue weighted by Crippen LogP contribution is -2.14. The van der Waals surface area contributed by atoms with Crippen molar-refractivity contribution in [3.8, 4) is 0 Å². The van der Waals surface area contributed by atoms with Crippen LogP contribution in [0.2, 0.25) is 0 Å². The van der Waals surface area contributed by atoms with Crippen LogP contribution in [-0.2, 0) is 11.2 Å². The molecule has 1 aromatic carbocycles. The molecule has 0 amide bonds. The molecule has 0 saturated heterocycles. The van der Waals surface area contributed by atoms with Crippen LogP contribution in [0.1, 0.15) is 30.3 Å². The highest BCUT2D eigenvalue weighted by atomic mass is 32.1. The van der Waals surface area contributed by atoms with Gasteiger partial charge < -0.3 is 4.74 Å². The van der Waals surface area contributed by atoms with Crippen molar-refractivity contribution in [2.45, 2.75) is 26.2 Å². The molecule has 20 heavy (non-hydrogen) atoms. The molecule has 0 aliphatic carbocycles. The highest BCUT2D eigenvalue weighted by molar-refractivity contribution is 7.18. The van der Waals surface area contributed by atoms with Gasteiger partial charge in [0.1, 0.15) is 0 Å². The predicted octanol–water partition coefficient (Wildman–Crippen LogP) is 3.70. The number of benzene rings is 1. The van der Waals surface area contributed by atoms with Gasteiger partial charge in [0.25, 0.3) is 0 Å². The Bertz CT molecular complexity index is 632. The quantitative estimate of drug-likeness (QED) is 0.859. The highest BCUT2D eigenvalue weighted by Gasteiger charge is 2.14. The molecule has 1 unspecified atom stereocenters. The molecule has 0 N–H and O–H groups in total. The Balaban J connectivity index is 1.86. The molecule has 0 fully saturated rings. The predicted molar refractivity (Wildman–Crippen MR) is 85.0 cm³/mol. The maximum absolute atomic E-state index is 5.12. The van der Waals surface area contributed by atoms with E-state index in [0.29, 0.717) is 0 Å². The smallest absolute Gasteiger partial charge is 0.0961 e. The van der Waals surface area contributed by atoms with Crippen LogP contribution in [0, 0.1) is 5.92 Å². The van der Waals surface area contributed by atoms with E-state index >= 15 is 0 Å². The van der Waals surface area contributed by atoms with E-state index in [9.17, 15) is 0 Å². The summed E-state index contributed by atoms with van der Waals surface area (Å²) < 4.78 is 6.37. The molecule has 1 atom stereocenters. The number of aromatic nitrogens is 1. The monoisotopic (exact) mass is 288 g/mol. The minimum Gasteiger partial charge on any atom is -0.384 e. The molecule has 0 bridgehead atoms. The Morgan fingerprint density at radius 2 is 2.30 bits per heavy atom. The number of ether oxygens (including phenoxy) is 1. The summed E-state index contributed by atoms with van der Waals surface area (Å²) in [6.45, 7) is 3.97. The van der Waals surface area contributed by atoms with E-state index in [4.69, 9.17) is 14.7 Å². The third-order valence-electron chi connectivity index (χ3n) is 3.75. The molecule has 0 radical (unpaired) electrons. The second-order valence-corrected chi connectivity index (χ2v) is 6.58. The average molecular weight is 288 g/mol. The molecule has 4 heteroatoms. The van der Waals surface area contributed by atoms with E-state index in [1.165, 1.54) is 22.4 Å². The average Bonchev–Trinajstić information content (AvgIpc) is 2.87. The number of fused-ring (bicyclic) bond motifs is 1. The van der Waals surface area contributed by atoms with Crippen molar-refractivity contribution in [3.63, 3.8) is 0 Å². The Morgan fingerprint density at radius 1 is 1.40 bits per heavy atom. The maximum Gasteiger partial charge on any atom is 0.0961 e. The third kappa shape index (κ3) is 2.91. The van der Waals surface area contributed by atoms with Crippen LogP contribution in [-0.4, -0.2) is 31.0 Å². The molecule has 2 heterocycles. The summed E-state index contributed by atoms with van der Waals surface area (Å²) in [6.07, 6.45) is 3.23. The largest absolute Gasteiger partial charge is 0.384 e. The van der Waals surface area contributed by atoms with Gasteiger partial charge in [-0.1, -0.05) is 13.0 Å². The summed E-state index contributed by atoms with van der Waals surface area (Å²) in [4.78, 5) is 9.42. The van der Waals surface area contributed by atoms with Gasteiger partial charge in [-0.25, -0.2) is 4.98 Å². The molecule has 1 aliphatic rings. The van der Waals surface area contributed by atoms with Gasteiger partial charge in [0.15, 0.2) is 0 Å². The SMILES string of the molecule is COCCc1nc2cc(C3=NCC(C)CC3)ccc2s1. The van der Waals surface area contributed by atoms with E-state index in [2.05, 4.69) is 25.1 Å². The van der Waals surface area contributed by atoms with Crippen LogP contribution >= 0.6 is 11.3 Å². The van der Waals surface area contributed by atoms with Gasteiger partial charge in [0.05, 0.1) is 21.8 Å². The first-order chi connectivity index (χ1) is 9.76. The minimum absolute atomic E-state index is 0.724. The summed E-state index contributed by atoms with van der Waals surface area (Å²) in [5, 5.41) is 1.15. The number of rotatable bonds is 4. The van der Waals surface area contributed by atoms with Crippen LogP contribution in [0.3, 0.4) is 0 Å². The van der Waals surface area contributed by atoms with E-state index < -0.39 is 0 Å². The van der Waals surface area contributed by atoms with E-state index in [1.54, 1.807) is 18.4 Å². The molecule has 3 nitrogen and oxygen atoms in total. The summed E-state index contributed by atoms with van der Waals surface area (Å²) in [5.41, 5.74) is 3.59. The standard InChI is InChI=1S/C16H20N2OS/c1-11-3-5-13(17-10-11)12-4-6-15-14(9-12)18-16(20-15)7-8-19-2/h4,6,9,11H,3,5,7-8,10H2,1-2H3. The lowest BCUT2D eigenvalue weighted by molar-refractivity contribution is 0.202. The molecular weight excluding hydrogens is 268 g/mol. The van der Waals surface area contributed by atoms with Crippen LogP contribution in [0.4, 0.5) is 0 Å². The van der Waals surface area contributed by atoms with Crippen molar-refractivity contribution >= 4 is 27.3 Å². The lowest BCUT2D eigenvalue weighted by atomic mass is 9.96. The van der Waals surface area contributed by atoms with Gasteiger partial charge >= 0.3 is 0 Å². The molecule has 106 valence electrons. The van der Waals surface area contributed by atoms with Gasteiger partial charge in [-0.2, -0.15) is 0 Å². The number of aliphatic imine (C=N–C) groups is 1. The van der Waals surface area contributed by atoms with Crippen molar-refractivity contribution in [3.05, 3.63) is 28.8 Å². The summed E-state index contributed by atoms with van der Waals surface area (Å²) in [6, 6.07) is 6.56. The number of methoxy groups -OCH3 is 1. The molecular formula is C16H20N2OS. The normalized spacial score (nSPS) is 19.3. The first-order valence-electron chi connectivity index (χ1n) is 7.18. The van der Waals surface area contributed by atoms with Crippen molar-refractivity contribution in [2.24, 2.45) is 10.9 Å². The minimum atomic E-state index is 0.724. The van der Waals surface area contributed by atoms with Gasteiger partial charge in [-0.3, -0.25) is 4.99 Å². The molecule has 2 aromatic rings. The fourth-order valence-electron chi connectivity index (χ4n) is 2.51. The van der Waals surface area contributed by atoms with Crippen LogP contribution in [0.5, 0.6) is 0 Å². The first-order valence-corrected chi connectivity index (χ1v) is 8.00.